The molecule has 1 aromatic heterocycles. The van der Waals surface area contributed by atoms with Crippen molar-refractivity contribution in [2.24, 2.45) is 0 Å². The maximum Gasteiger partial charge on any atom is 0.113 e. The molecule has 0 atom stereocenters. The van der Waals surface area contributed by atoms with Gasteiger partial charge >= 0.3 is 0 Å². The number of hydrogen-bond acceptors (Lipinski definition) is 2. The number of pyridine rings is 1. The van der Waals surface area contributed by atoms with Crippen molar-refractivity contribution in [2.45, 2.75) is 19.4 Å². The number of hydrogen-bond donors (Lipinski definition) is 1. The molecule has 0 saturated carbocycles. The van der Waals surface area contributed by atoms with Crippen molar-refractivity contribution < 1.29 is 5.11 Å². The van der Waals surface area contributed by atoms with Crippen LogP contribution in [0.4, 0.5) is 0 Å². The van der Waals surface area contributed by atoms with Gasteiger partial charge in [0.1, 0.15) is 11.3 Å². The van der Waals surface area contributed by atoms with Gasteiger partial charge in [-0.15, -0.1) is 6.42 Å². The first-order chi connectivity index (χ1) is 5.54. The number of terminal acetylenes is 1. The van der Waals surface area contributed by atoms with Crippen molar-refractivity contribution >= 4 is 0 Å². The minimum atomic E-state index is -0.924. The lowest BCUT2D eigenvalue weighted by atomic mass is 10.0. The van der Waals surface area contributed by atoms with Crippen molar-refractivity contribution in [2.75, 3.05) is 0 Å². The Morgan fingerprint density at radius 2 is 2.17 bits per heavy atom. The molecule has 1 rings (SSSR count). The van der Waals surface area contributed by atoms with E-state index in [1.54, 1.807) is 32.0 Å². The Hall–Kier alpha value is -1.33. The average Bonchev–Trinajstić information content (AvgIpc) is 2.03. The van der Waals surface area contributed by atoms with Crippen molar-refractivity contribution in [3.8, 4) is 12.3 Å². The number of aliphatic hydroxyl groups is 1. The highest BCUT2D eigenvalue weighted by atomic mass is 16.3. The van der Waals surface area contributed by atoms with Crippen LogP contribution in [-0.2, 0) is 5.60 Å². The van der Waals surface area contributed by atoms with E-state index >= 15 is 0 Å². The molecule has 12 heavy (non-hydrogen) atoms. The summed E-state index contributed by atoms with van der Waals surface area (Å²) in [7, 11) is 0. The topological polar surface area (TPSA) is 33.1 Å². The Morgan fingerprint density at radius 3 is 2.67 bits per heavy atom. The van der Waals surface area contributed by atoms with Gasteiger partial charge in [0.15, 0.2) is 0 Å². The molecular formula is C10H11NO. The van der Waals surface area contributed by atoms with Gasteiger partial charge < -0.3 is 5.11 Å². The summed E-state index contributed by atoms with van der Waals surface area (Å²) in [4.78, 5) is 4.08. The SMILES string of the molecule is C#Cc1cccc(C(C)(C)O)n1. The molecule has 0 bridgehead atoms. The van der Waals surface area contributed by atoms with Crippen LogP contribution < -0.4 is 0 Å². The number of nitrogens with zero attached hydrogens (tertiary/aromatic N) is 1. The van der Waals surface area contributed by atoms with Crippen LogP contribution in [0.2, 0.25) is 0 Å². The smallest absolute Gasteiger partial charge is 0.113 e. The summed E-state index contributed by atoms with van der Waals surface area (Å²) in [6.45, 7) is 3.35. The lowest BCUT2D eigenvalue weighted by Gasteiger charge is -2.15. The normalized spacial score (nSPS) is 10.8. The Balaban J connectivity index is 3.13. The van der Waals surface area contributed by atoms with E-state index in [2.05, 4.69) is 10.9 Å². The van der Waals surface area contributed by atoms with Crippen LogP contribution in [0.5, 0.6) is 0 Å². The molecule has 62 valence electrons. The van der Waals surface area contributed by atoms with Gasteiger partial charge in [-0.25, -0.2) is 4.98 Å². The Labute approximate surface area is 72.3 Å². The minimum Gasteiger partial charge on any atom is -0.384 e. The Bertz CT molecular complexity index is 317. The van der Waals surface area contributed by atoms with Gasteiger partial charge in [-0.2, -0.15) is 0 Å². The maximum absolute atomic E-state index is 9.58. The zero-order chi connectivity index (χ0) is 9.19. The second kappa shape index (κ2) is 2.96. The zero-order valence-electron chi connectivity index (χ0n) is 7.20. The molecule has 0 aliphatic carbocycles. The number of aromatic nitrogens is 1. The highest BCUT2D eigenvalue weighted by Gasteiger charge is 2.17. The third kappa shape index (κ3) is 1.84. The van der Waals surface area contributed by atoms with Crippen LogP contribution >= 0.6 is 0 Å². The van der Waals surface area contributed by atoms with Gasteiger partial charge in [0.2, 0.25) is 0 Å². The van der Waals surface area contributed by atoms with Gasteiger partial charge in [0.05, 0.1) is 5.69 Å². The quantitative estimate of drug-likeness (QED) is 0.629. The summed E-state index contributed by atoms with van der Waals surface area (Å²) >= 11 is 0. The predicted molar refractivity (Wildman–Crippen MR) is 47.4 cm³/mol. The van der Waals surface area contributed by atoms with Crippen LogP contribution in [0.15, 0.2) is 18.2 Å². The van der Waals surface area contributed by atoms with E-state index < -0.39 is 5.60 Å². The fraction of sp³-hybridized carbons (Fsp3) is 0.300. The summed E-state index contributed by atoms with van der Waals surface area (Å²) in [6, 6.07) is 5.27. The van der Waals surface area contributed by atoms with E-state index in [4.69, 9.17) is 6.42 Å². The van der Waals surface area contributed by atoms with Crippen molar-refractivity contribution in [1.29, 1.82) is 0 Å². The van der Waals surface area contributed by atoms with E-state index in [0.717, 1.165) is 0 Å². The first-order valence-corrected chi connectivity index (χ1v) is 3.70. The van der Waals surface area contributed by atoms with Crippen LogP contribution in [0.3, 0.4) is 0 Å². The molecule has 0 radical (unpaired) electrons. The standard InChI is InChI=1S/C10H11NO/c1-4-8-6-5-7-9(11-8)10(2,3)12/h1,5-7,12H,2-3H3. The third-order valence-electron chi connectivity index (χ3n) is 1.52. The van der Waals surface area contributed by atoms with Crippen LogP contribution in [0, 0.1) is 12.3 Å². The third-order valence-corrected chi connectivity index (χ3v) is 1.52. The molecule has 0 aliphatic heterocycles. The molecule has 1 aromatic rings. The first-order valence-electron chi connectivity index (χ1n) is 3.70. The average molecular weight is 161 g/mol. The fourth-order valence-electron chi connectivity index (χ4n) is 0.856. The molecular weight excluding hydrogens is 150 g/mol. The van der Waals surface area contributed by atoms with Gasteiger partial charge in [0, 0.05) is 0 Å². The van der Waals surface area contributed by atoms with Crippen LogP contribution in [0.25, 0.3) is 0 Å². The van der Waals surface area contributed by atoms with Gasteiger partial charge in [-0.3, -0.25) is 0 Å². The van der Waals surface area contributed by atoms with Gasteiger partial charge in [-0.05, 0) is 26.0 Å². The van der Waals surface area contributed by atoms with E-state index in [0.29, 0.717) is 11.4 Å². The zero-order valence-corrected chi connectivity index (χ0v) is 7.20. The van der Waals surface area contributed by atoms with Gasteiger partial charge in [0.25, 0.3) is 0 Å². The minimum absolute atomic E-state index is 0.551. The summed E-state index contributed by atoms with van der Waals surface area (Å²) in [5.74, 6) is 2.42. The molecule has 0 saturated heterocycles. The molecule has 2 nitrogen and oxygen atoms in total. The highest BCUT2D eigenvalue weighted by molar-refractivity contribution is 5.27. The monoisotopic (exact) mass is 161 g/mol. The molecule has 0 aromatic carbocycles. The Morgan fingerprint density at radius 1 is 1.50 bits per heavy atom. The van der Waals surface area contributed by atoms with Crippen molar-refractivity contribution in [3.63, 3.8) is 0 Å². The molecule has 0 amide bonds. The predicted octanol–water partition coefficient (Wildman–Crippen LogP) is 1.29. The second-order valence-corrected chi connectivity index (χ2v) is 3.11. The highest BCUT2D eigenvalue weighted by Crippen LogP contribution is 2.16. The Kier molecular flexibility index (Phi) is 2.16. The molecule has 0 aliphatic rings. The maximum atomic E-state index is 9.58. The molecule has 0 fully saturated rings. The van der Waals surface area contributed by atoms with E-state index in [1.165, 1.54) is 0 Å². The largest absolute Gasteiger partial charge is 0.384 e. The van der Waals surface area contributed by atoms with Crippen molar-refractivity contribution in [1.82, 2.24) is 4.98 Å². The molecule has 0 spiro atoms. The number of rotatable bonds is 1. The first kappa shape index (κ1) is 8.76. The van der Waals surface area contributed by atoms with E-state index in [1.807, 2.05) is 0 Å². The van der Waals surface area contributed by atoms with E-state index in [9.17, 15) is 5.11 Å². The summed E-state index contributed by atoms with van der Waals surface area (Å²) < 4.78 is 0. The lowest BCUT2D eigenvalue weighted by Crippen LogP contribution is -2.17. The lowest BCUT2D eigenvalue weighted by molar-refractivity contribution is 0.0738. The van der Waals surface area contributed by atoms with Crippen LogP contribution in [-0.4, -0.2) is 10.1 Å². The van der Waals surface area contributed by atoms with Crippen LogP contribution in [0.1, 0.15) is 25.2 Å². The summed E-state index contributed by atoms with van der Waals surface area (Å²) in [5.41, 5.74) is 0.222. The molecule has 1 heterocycles. The van der Waals surface area contributed by atoms with Gasteiger partial charge in [-0.1, -0.05) is 12.0 Å². The summed E-state index contributed by atoms with van der Waals surface area (Å²) in [5, 5.41) is 9.58. The molecule has 2 heteroatoms. The fourth-order valence-corrected chi connectivity index (χ4v) is 0.856. The van der Waals surface area contributed by atoms with Crippen molar-refractivity contribution in [3.05, 3.63) is 29.6 Å². The summed E-state index contributed by atoms with van der Waals surface area (Å²) in [6.07, 6.45) is 5.17. The molecule has 0 unspecified atom stereocenters. The van der Waals surface area contributed by atoms with E-state index in [-0.39, 0.29) is 0 Å². The molecule has 1 N–H and O–H groups in total. The second-order valence-electron chi connectivity index (χ2n) is 3.11.